The molecule has 0 aliphatic carbocycles. The lowest BCUT2D eigenvalue weighted by atomic mass is 10.00. The summed E-state index contributed by atoms with van der Waals surface area (Å²) >= 11 is 6.12. The molecule has 0 saturated heterocycles. The number of nitrogens with one attached hydrogen (secondary N) is 2. The van der Waals surface area contributed by atoms with Gasteiger partial charge in [-0.15, -0.1) is 0 Å². The average molecular weight is 257 g/mol. The average Bonchev–Trinajstić information content (AvgIpc) is 2.29. The lowest BCUT2D eigenvalue weighted by Gasteiger charge is -2.21. The van der Waals surface area contributed by atoms with Crippen molar-refractivity contribution in [2.24, 2.45) is 0 Å². The molecule has 0 spiro atoms. The molecule has 1 atom stereocenters. The highest BCUT2D eigenvalue weighted by Gasteiger charge is 2.16. The summed E-state index contributed by atoms with van der Waals surface area (Å²) in [5.41, 5.74) is 2.19. The van der Waals surface area contributed by atoms with Gasteiger partial charge in [-0.3, -0.25) is 0 Å². The van der Waals surface area contributed by atoms with E-state index in [-0.39, 0.29) is 6.04 Å². The molecular weight excluding hydrogens is 236 g/mol. The molecule has 0 aliphatic heterocycles. The van der Waals surface area contributed by atoms with Gasteiger partial charge in [-0.1, -0.05) is 11.6 Å². The molecule has 0 aliphatic rings. The number of ether oxygens (including phenoxy) is 1. The maximum Gasteiger partial charge on any atom is 0.126 e. The summed E-state index contributed by atoms with van der Waals surface area (Å²) in [4.78, 5) is 0. The van der Waals surface area contributed by atoms with Gasteiger partial charge in [0.2, 0.25) is 0 Å². The summed E-state index contributed by atoms with van der Waals surface area (Å²) < 4.78 is 5.47. The molecular formula is C13H21ClN2O. The van der Waals surface area contributed by atoms with Crippen LogP contribution in [0, 0.1) is 6.92 Å². The fourth-order valence-electron chi connectivity index (χ4n) is 2.04. The number of hydrogen-bond acceptors (Lipinski definition) is 3. The Morgan fingerprint density at radius 2 is 2.06 bits per heavy atom. The molecule has 1 aromatic rings. The van der Waals surface area contributed by atoms with E-state index in [0.717, 1.165) is 34.9 Å². The Morgan fingerprint density at radius 3 is 2.59 bits per heavy atom. The fraction of sp³-hybridized carbons (Fsp3) is 0.538. The first-order chi connectivity index (χ1) is 8.13. The van der Waals surface area contributed by atoms with E-state index >= 15 is 0 Å². The zero-order chi connectivity index (χ0) is 12.8. The molecule has 0 amide bonds. The van der Waals surface area contributed by atoms with E-state index in [1.54, 1.807) is 7.11 Å². The van der Waals surface area contributed by atoms with Crippen molar-refractivity contribution in [3.8, 4) is 5.75 Å². The van der Waals surface area contributed by atoms with Gasteiger partial charge in [0.15, 0.2) is 0 Å². The first kappa shape index (κ1) is 14.3. The Hall–Kier alpha value is -0.770. The Labute approximate surface area is 109 Å². The Kier molecular flexibility index (Phi) is 5.75. The standard InChI is InChI=1S/C13H21ClN2O/c1-9-7-10(14)8-11(13(9)17-4)12(16-3)5-6-15-2/h7-8,12,15-16H,5-6H2,1-4H3. The maximum absolute atomic E-state index is 6.12. The van der Waals surface area contributed by atoms with Crippen LogP contribution in [-0.4, -0.2) is 27.7 Å². The molecule has 1 rings (SSSR count). The van der Waals surface area contributed by atoms with Crippen molar-refractivity contribution >= 4 is 11.6 Å². The fourth-order valence-corrected chi connectivity index (χ4v) is 2.32. The van der Waals surface area contributed by atoms with Crippen LogP contribution in [0.1, 0.15) is 23.6 Å². The molecule has 0 bridgehead atoms. The second-order valence-corrected chi connectivity index (χ2v) is 4.52. The summed E-state index contributed by atoms with van der Waals surface area (Å²) in [6, 6.07) is 4.15. The van der Waals surface area contributed by atoms with Gasteiger partial charge in [0.1, 0.15) is 5.75 Å². The highest BCUT2D eigenvalue weighted by Crippen LogP contribution is 2.33. The molecule has 0 heterocycles. The minimum absolute atomic E-state index is 0.245. The largest absolute Gasteiger partial charge is 0.496 e. The molecule has 2 N–H and O–H groups in total. The van der Waals surface area contributed by atoms with Gasteiger partial charge in [-0.25, -0.2) is 0 Å². The second-order valence-electron chi connectivity index (χ2n) is 4.08. The molecule has 1 aromatic carbocycles. The van der Waals surface area contributed by atoms with E-state index in [0.29, 0.717) is 0 Å². The van der Waals surface area contributed by atoms with Crippen LogP contribution in [0.2, 0.25) is 5.02 Å². The van der Waals surface area contributed by atoms with Crippen LogP contribution in [-0.2, 0) is 0 Å². The van der Waals surface area contributed by atoms with Crippen molar-refractivity contribution in [3.63, 3.8) is 0 Å². The molecule has 0 aromatic heterocycles. The van der Waals surface area contributed by atoms with Crippen molar-refractivity contribution in [3.05, 3.63) is 28.3 Å². The molecule has 4 heteroatoms. The van der Waals surface area contributed by atoms with E-state index in [1.807, 2.05) is 33.2 Å². The SMILES string of the molecule is CNCCC(NC)c1cc(Cl)cc(C)c1OC. The van der Waals surface area contributed by atoms with Crippen LogP contribution in [0.4, 0.5) is 0 Å². The molecule has 96 valence electrons. The quantitative estimate of drug-likeness (QED) is 0.821. The molecule has 17 heavy (non-hydrogen) atoms. The number of hydrogen-bond donors (Lipinski definition) is 2. The normalized spacial score (nSPS) is 12.5. The summed E-state index contributed by atoms with van der Waals surface area (Å²) in [5.74, 6) is 0.921. The zero-order valence-electron chi connectivity index (χ0n) is 10.9. The number of aryl methyl sites for hydroxylation is 1. The monoisotopic (exact) mass is 256 g/mol. The highest BCUT2D eigenvalue weighted by molar-refractivity contribution is 6.30. The maximum atomic E-state index is 6.12. The third-order valence-electron chi connectivity index (χ3n) is 2.88. The second kappa shape index (κ2) is 6.84. The lowest BCUT2D eigenvalue weighted by molar-refractivity contribution is 0.395. The van der Waals surface area contributed by atoms with Gasteiger partial charge in [0, 0.05) is 16.6 Å². The molecule has 0 saturated carbocycles. The van der Waals surface area contributed by atoms with Gasteiger partial charge < -0.3 is 15.4 Å². The Balaban J connectivity index is 3.07. The van der Waals surface area contributed by atoms with E-state index < -0.39 is 0 Å². The highest BCUT2D eigenvalue weighted by atomic mass is 35.5. The third-order valence-corrected chi connectivity index (χ3v) is 3.10. The van der Waals surface area contributed by atoms with Gasteiger partial charge >= 0.3 is 0 Å². The van der Waals surface area contributed by atoms with Crippen LogP contribution in [0.3, 0.4) is 0 Å². The zero-order valence-corrected chi connectivity index (χ0v) is 11.7. The van der Waals surface area contributed by atoms with Crippen LogP contribution in [0.15, 0.2) is 12.1 Å². The predicted octanol–water partition coefficient (Wildman–Crippen LogP) is 2.53. The van der Waals surface area contributed by atoms with Gasteiger partial charge in [0.25, 0.3) is 0 Å². The first-order valence-electron chi connectivity index (χ1n) is 5.80. The van der Waals surface area contributed by atoms with E-state index in [1.165, 1.54) is 0 Å². The van der Waals surface area contributed by atoms with Crippen LogP contribution < -0.4 is 15.4 Å². The summed E-state index contributed by atoms with van der Waals surface area (Å²) in [6.45, 7) is 2.96. The van der Waals surface area contributed by atoms with Crippen molar-refractivity contribution < 1.29 is 4.74 Å². The van der Waals surface area contributed by atoms with Crippen LogP contribution in [0.5, 0.6) is 5.75 Å². The number of methoxy groups -OCH3 is 1. The van der Waals surface area contributed by atoms with Crippen molar-refractivity contribution in [1.82, 2.24) is 10.6 Å². The number of rotatable bonds is 6. The first-order valence-corrected chi connectivity index (χ1v) is 6.17. The third kappa shape index (κ3) is 3.60. The van der Waals surface area contributed by atoms with E-state index in [9.17, 15) is 0 Å². The lowest BCUT2D eigenvalue weighted by Crippen LogP contribution is -2.22. The summed E-state index contributed by atoms with van der Waals surface area (Å²) in [7, 11) is 5.60. The van der Waals surface area contributed by atoms with E-state index in [4.69, 9.17) is 16.3 Å². The number of benzene rings is 1. The van der Waals surface area contributed by atoms with Crippen molar-refractivity contribution in [1.29, 1.82) is 0 Å². The Bertz CT molecular complexity index is 369. The molecule has 3 nitrogen and oxygen atoms in total. The molecule has 0 radical (unpaired) electrons. The minimum atomic E-state index is 0.245. The summed E-state index contributed by atoms with van der Waals surface area (Å²) in [6.07, 6.45) is 0.989. The predicted molar refractivity (Wildman–Crippen MR) is 73.1 cm³/mol. The Morgan fingerprint density at radius 1 is 1.35 bits per heavy atom. The van der Waals surface area contributed by atoms with Crippen LogP contribution >= 0.6 is 11.6 Å². The van der Waals surface area contributed by atoms with Gasteiger partial charge in [-0.2, -0.15) is 0 Å². The topological polar surface area (TPSA) is 33.3 Å². The van der Waals surface area contributed by atoms with E-state index in [2.05, 4.69) is 10.6 Å². The van der Waals surface area contributed by atoms with Crippen molar-refractivity contribution in [2.75, 3.05) is 27.7 Å². The van der Waals surface area contributed by atoms with Crippen molar-refractivity contribution in [2.45, 2.75) is 19.4 Å². The molecule has 1 unspecified atom stereocenters. The molecule has 0 fully saturated rings. The summed E-state index contributed by atoms with van der Waals surface area (Å²) in [5, 5.41) is 7.21. The number of halogens is 1. The smallest absolute Gasteiger partial charge is 0.126 e. The van der Waals surface area contributed by atoms with Gasteiger partial charge in [0.05, 0.1) is 7.11 Å². The van der Waals surface area contributed by atoms with Gasteiger partial charge in [-0.05, 0) is 51.7 Å². The minimum Gasteiger partial charge on any atom is -0.496 e. The van der Waals surface area contributed by atoms with Crippen LogP contribution in [0.25, 0.3) is 0 Å².